The van der Waals surface area contributed by atoms with Gasteiger partial charge in [-0.3, -0.25) is 4.79 Å². The minimum absolute atomic E-state index is 0.0672. The van der Waals surface area contributed by atoms with E-state index in [1.54, 1.807) is 5.57 Å². The van der Waals surface area contributed by atoms with Gasteiger partial charge in [0.2, 0.25) is 0 Å². The number of nitrogens with zero attached hydrogens (tertiary/aromatic N) is 2. The monoisotopic (exact) mass is 480 g/mol. The van der Waals surface area contributed by atoms with Crippen LogP contribution in [-0.2, 0) is 9.53 Å². The van der Waals surface area contributed by atoms with Crippen molar-refractivity contribution < 1.29 is 9.53 Å². The third-order valence-electron chi connectivity index (χ3n) is 10.6. The van der Waals surface area contributed by atoms with Gasteiger partial charge in [0.05, 0.1) is 11.0 Å². The molecule has 0 aliphatic heterocycles. The maximum absolute atomic E-state index is 11.6. The second-order valence-electron chi connectivity index (χ2n) is 12.3. The topological polar surface area (TPSA) is 44.1 Å². The lowest BCUT2D eigenvalue weighted by molar-refractivity contribution is -0.148. The molecule has 186 valence electrons. The van der Waals surface area contributed by atoms with Crippen molar-refractivity contribution in [3.8, 4) is 0 Å². The standard InChI is InChI=1S/C32H36N2O2/c1-20(35)36-24-12-14-31(2)23(18-24)8-9-25-26-10-11-30(32(26,3)15-13-27(25)31)34-19-33-28-16-21-6-4-5-7-22(21)17-29(28)34/h4-8,11,16-17,19,24-27H,9-10,12-15,18H2,1-3H3/t24-,25-,26-,27-,31-,32-/m0/s1. The molecule has 0 N–H and O–H groups in total. The van der Waals surface area contributed by atoms with Gasteiger partial charge in [-0.05, 0) is 84.6 Å². The van der Waals surface area contributed by atoms with Gasteiger partial charge in [-0.1, -0.05) is 55.8 Å². The largest absolute Gasteiger partial charge is 0.462 e. The summed E-state index contributed by atoms with van der Waals surface area (Å²) in [5.74, 6) is 1.97. The van der Waals surface area contributed by atoms with Crippen molar-refractivity contribution in [3.05, 3.63) is 60.5 Å². The quantitative estimate of drug-likeness (QED) is 0.281. The molecule has 3 aromatic rings. The summed E-state index contributed by atoms with van der Waals surface area (Å²) in [5, 5.41) is 2.53. The lowest BCUT2D eigenvalue weighted by Gasteiger charge is -2.57. The molecule has 0 bridgehead atoms. The van der Waals surface area contributed by atoms with Crippen LogP contribution in [0, 0.1) is 28.6 Å². The highest BCUT2D eigenvalue weighted by molar-refractivity contribution is 5.96. The number of allylic oxidation sites excluding steroid dienone is 3. The molecule has 4 heteroatoms. The number of carbonyl (C=O) groups is 1. The van der Waals surface area contributed by atoms with Crippen molar-refractivity contribution in [2.24, 2.45) is 28.6 Å². The van der Waals surface area contributed by atoms with E-state index in [0.717, 1.165) is 37.1 Å². The summed E-state index contributed by atoms with van der Waals surface area (Å²) < 4.78 is 8.03. The lowest BCUT2D eigenvalue weighted by atomic mass is 9.47. The lowest BCUT2D eigenvalue weighted by Crippen LogP contribution is -2.50. The molecule has 4 aliphatic rings. The summed E-state index contributed by atoms with van der Waals surface area (Å²) in [6.07, 6.45) is 15.1. The summed E-state index contributed by atoms with van der Waals surface area (Å²) in [6.45, 7) is 6.58. The molecule has 0 spiro atoms. The predicted octanol–water partition coefficient (Wildman–Crippen LogP) is 7.53. The third kappa shape index (κ3) is 3.12. The zero-order valence-corrected chi connectivity index (χ0v) is 21.7. The average molecular weight is 481 g/mol. The summed E-state index contributed by atoms with van der Waals surface area (Å²) in [7, 11) is 0. The van der Waals surface area contributed by atoms with Gasteiger partial charge in [0.25, 0.3) is 0 Å². The maximum atomic E-state index is 11.6. The third-order valence-corrected chi connectivity index (χ3v) is 10.6. The number of imidazole rings is 1. The fraction of sp³-hybridized carbons (Fsp3) is 0.500. The SMILES string of the molecule is CC(=O)O[C@H]1CC[C@@]2(C)C(=CC[C@@H]3[C@@H]2CC[C@]2(C)C(n4cnc5cc6ccccc6cc54)=CC[C@@H]32)C1. The number of rotatable bonds is 2. The number of hydrogen-bond donors (Lipinski definition) is 0. The van der Waals surface area contributed by atoms with Crippen molar-refractivity contribution >= 4 is 33.5 Å². The normalized spacial score (nSPS) is 35.5. The first-order valence-corrected chi connectivity index (χ1v) is 13.8. The highest BCUT2D eigenvalue weighted by Crippen LogP contribution is 2.65. The van der Waals surface area contributed by atoms with Crippen LogP contribution in [0.4, 0.5) is 0 Å². The number of esters is 1. The first-order chi connectivity index (χ1) is 17.4. The van der Waals surface area contributed by atoms with Crippen LogP contribution in [0.5, 0.6) is 0 Å². The molecule has 4 nitrogen and oxygen atoms in total. The number of aromatic nitrogens is 2. The number of fused-ring (bicyclic) bond motifs is 7. The van der Waals surface area contributed by atoms with E-state index in [9.17, 15) is 4.79 Å². The Morgan fingerprint density at radius 3 is 2.58 bits per heavy atom. The van der Waals surface area contributed by atoms with Crippen LogP contribution in [0.1, 0.15) is 65.7 Å². The maximum Gasteiger partial charge on any atom is 0.302 e. The van der Waals surface area contributed by atoms with E-state index in [1.807, 2.05) is 0 Å². The van der Waals surface area contributed by atoms with Crippen LogP contribution in [0.3, 0.4) is 0 Å². The van der Waals surface area contributed by atoms with Crippen LogP contribution in [-0.4, -0.2) is 21.6 Å². The van der Waals surface area contributed by atoms with Crippen molar-refractivity contribution in [3.63, 3.8) is 0 Å². The highest BCUT2D eigenvalue weighted by Gasteiger charge is 2.57. The first kappa shape index (κ1) is 22.3. The summed E-state index contributed by atoms with van der Waals surface area (Å²) in [4.78, 5) is 16.4. The van der Waals surface area contributed by atoms with Gasteiger partial charge in [-0.2, -0.15) is 0 Å². The molecule has 36 heavy (non-hydrogen) atoms. The molecule has 2 aromatic carbocycles. The van der Waals surface area contributed by atoms with Crippen molar-refractivity contribution in [2.45, 2.75) is 71.8 Å². The highest BCUT2D eigenvalue weighted by atomic mass is 16.5. The summed E-state index contributed by atoms with van der Waals surface area (Å²) in [5.41, 5.74) is 5.76. The Morgan fingerprint density at radius 1 is 1.00 bits per heavy atom. The number of hydrogen-bond acceptors (Lipinski definition) is 3. The van der Waals surface area contributed by atoms with E-state index in [0.29, 0.717) is 11.8 Å². The van der Waals surface area contributed by atoms with E-state index < -0.39 is 0 Å². The first-order valence-electron chi connectivity index (χ1n) is 13.8. The Balaban J connectivity index is 1.21. The number of benzene rings is 2. The predicted molar refractivity (Wildman–Crippen MR) is 144 cm³/mol. The van der Waals surface area contributed by atoms with Crippen LogP contribution in [0.25, 0.3) is 27.5 Å². The minimum Gasteiger partial charge on any atom is -0.462 e. The Kier molecular flexibility index (Phi) is 4.84. The van der Waals surface area contributed by atoms with E-state index in [2.05, 4.69) is 73.3 Å². The van der Waals surface area contributed by atoms with Gasteiger partial charge in [-0.15, -0.1) is 0 Å². The van der Waals surface area contributed by atoms with Crippen LogP contribution < -0.4 is 0 Å². The zero-order valence-electron chi connectivity index (χ0n) is 21.7. The molecule has 1 heterocycles. The summed E-state index contributed by atoms with van der Waals surface area (Å²) >= 11 is 0. The van der Waals surface area contributed by atoms with Gasteiger partial charge in [0.1, 0.15) is 12.4 Å². The second kappa shape index (κ2) is 7.81. The van der Waals surface area contributed by atoms with Gasteiger partial charge < -0.3 is 9.30 Å². The van der Waals surface area contributed by atoms with Gasteiger partial charge in [0, 0.05) is 24.5 Å². The van der Waals surface area contributed by atoms with E-state index in [-0.39, 0.29) is 22.9 Å². The molecule has 7 rings (SSSR count). The fourth-order valence-electron chi connectivity index (χ4n) is 8.77. The smallest absolute Gasteiger partial charge is 0.302 e. The molecule has 6 atom stereocenters. The Morgan fingerprint density at radius 2 is 1.78 bits per heavy atom. The van der Waals surface area contributed by atoms with Crippen molar-refractivity contribution in [1.82, 2.24) is 9.55 Å². The van der Waals surface area contributed by atoms with Crippen molar-refractivity contribution in [2.75, 3.05) is 0 Å². The second-order valence-corrected chi connectivity index (χ2v) is 12.3. The number of ether oxygens (including phenoxy) is 1. The molecule has 2 fully saturated rings. The molecule has 0 unspecified atom stereocenters. The molecule has 0 radical (unpaired) electrons. The Labute approximate surface area is 213 Å². The molecule has 0 amide bonds. The van der Waals surface area contributed by atoms with Crippen LogP contribution in [0.15, 0.2) is 60.5 Å². The molecular weight excluding hydrogens is 444 g/mol. The van der Waals surface area contributed by atoms with Gasteiger partial charge >= 0.3 is 5.97 Å². The minimum atomic E-state index is -0.143. The van der Waals surface area contributed by atoms with Crippen LogP contribution in [0.2, 0.25) is 0 Å². The number of carbonyl (C=O) groups excluding carboxylic acids is 1. The molecular formula is C32H36N2O2. The van der Waals surface area contributed by atoms with Crippen LogP contribution >= 0.6 is 0 Å². The summed E-state index contributed by atoms with van der Waals surface area (Å²) in [6, 6.07) is 13.1. The van der Waals surface area contributed by atoms with Gasteiger partial charge in [0.15, 0.2) is 0 Å². The Hall–Kier alpha value is -2.88. The molecule has 0 saturated heterocycles. The van der Waals surface area contributed by atoms with E-state index >= 15 is 0 Å². The van der Waals surface area contributed by atoms with E-state index in [1.165, 1.54) is 48.2 Å². The Bertz CT molecular complexity index is 1450. The zero-order chi connectivity index (χ0) is 24.7. The van der Waals surface area contributed by atoms with Gasteiger partial charge in [-0.25, -0.2) is 4.98 Å². The molecule has 2 saturated carbocycles. The molecule has 4 aliphatic carbocycles. The average Bonchev–Trinajstić information content (AvgIpc) is 3.42. The molecule has 1 aromatic heterocycles. The van der Waals surface area contributed by atoms with E-state index in [4.69, 9.17) is 9.72 Å². The van der Waals surface area contributed by atoms with Crippen molar-refractivity contribution in [1.29, 1.82) is 0 Å². The fourth-order valence-corrected chi connectivity index (χ4v) is 8.77.